The molecule has 31 nitrogen and oxygen atoms in total. The number of carbonyl (C=O) groups is 3. The molecule has 4 aliphatic rings. The molecule has 2 aliphatic heterocycles. The number of ketones is 1. The number of hydrogen-bond donors (Lipinski definition) is 6. The van der Waals surface area contributed by atoms with Gasteiger partial charge in [-0.3, -0.25) is 22.1 Å². The van der Waals surface area contributed by atoms with Crippen LogP contribution < -0.4 is 129 Å². The van der Waals surface area contributed by atoms with Crippen LogP contribution in [0, 0.1) is 17.8 Å². The van der Waals surface area contributed by atoms with Crippen molar-refractivity contribution < 1.29 is 243 Å². The van der Waals surface area contributed by atoms with E-state index in [0.717, 1.165) is 45.2 Å². The molecule has 0 bridgehead atoms. The van der Waals surface area contributed by atoms with Gasteiger partial charge in [0.05, 0.1) is 69.6 Å². The number of carboxylic acid groups (broad SMARTS) is 1. The number of carboxylic acids is 1. The van der Waals surface area contributed by atoms with Crippen molar-refractivity contribution in [2.24, 2.45) is 17.8 Å². The Morgan fingerprint density at radius 2 is 1.41 bits per heavy atom. The van der Waals surface area contributed by atoms with Gasteiger partial charge in [0.2, 0.25) is 37.1 Å². The molecule has 0 radical (unpaired) electrons. The molecule has 438 valence electrons. The summed E-state index contributed by atoms with van der Waals surface area (Å²) in [6.07, 6.45) is -12.3. The second kappa shape index (κ2) is 35.8. The molecule has 6 unspecified atom stereocenters. The summed E-state index contributed by atoms with van der Waals surface area (Å²) in [5.41, 5.74) is -2.74. The molecule has 6 N–H and O–H groups in total. The van der Waals surface area contributed by atoms with Crippen molar-refractivity contribution in [2.75, 3.05) is 33.0 Å². The molecule has 2 aliphatic carbocycles. The summed E-state index contributed by atoms with van der Waals surface area (Å²) in [6, 6.07) is -1.45. The fourth-order valence-electron chi connectivity index (χ4n) is 9.81. The molecule has 5 rings (SSSR count). The van der Waals surface area contributed by atoms with Crippen LogP contribution in [-0.2, 0) is 98.7 Å². The number of aliphatic carboxylic acids is 1. The van der Waals surface area contributed by atoms with E-state index in [9.17, 15) is 83.9 Å². The van der Waals surface area contributed by atoms with Gasteiger partial charge in [0, 0.05) is 25.9 Å². The third-order valence-corrected chi connectivity index (χ3v) is 15.0. The molecule has 80 heavy (non-hydrogen) atoms. The predicted octanol–water partition coefficient (Wildman–Crippen LogP) is -16.6. The van der Waals surface area contributed by atoms with Gasteiger partial charge in [-0.1, -0.05) is 50.7 Å². The van der Waals surface area contributed by atoms with Crippen molar-refractivity contribution in [2.45, 2.75) is 183 Å². The number of nitrogens with zero attached hydrogens (tertiary/aromatic N) is 3. The first-order valence-corrected chi connectivity index (χ1v) is 28.4. The van der Waals surface area contributed by atoms with E-state index in [0.29, 0.717) is 11.1 Å². The normalized spacial score (nSPS) is 30.1. The first-order valence-electron chi connectivity index (χ1n) is 24.4. The standard InChI is InChI=1S/C42H70N4O27S3.4Na/c1-4-25-14-26(28(49)11-8-12-65-18-27-16-46(45-44-27)42(19-66-74(56,57)58,20-67-75(59,60)61)21-68-76(62,63)64)15-29(37(25)73-41-36(53)35(52)33(50)22(2)69-41)71-40-32(43-23(3)48)38(34(51)31(17-47)72-40)70-30(39(54)55)13-24-9-6-5-7-10-24;;;;/h16,22,24-26,29-38,40-41,47,50-53H,4-15,17-21H2,1-3H3,(H,43,48)(H,54,55)(H,56,57,58)(H,59,60,61)(H,62,63,64);;;;/q;4*+1/p-4/t22?,25?,26?,29-,30+,31+,32?,33-,34+,35+,36?,37-,38?,40-,41+;;;;/m1..../s1. The van der Waals surface area contributed by atoms with Gasteiger partial charge >= 0.3 is 118 Å². The third-order valence-electron chi connectivity index (χ3n) is 13.8. The zero-order valence-corrected chi connectivity index (χ0v) is 56.1. The van der Waals surface area contributed by atoms with Crippen LogP contribution in [0.1, 0.15) is 97.1 Å². The van der Waals surface area contributed by atoms with Gasteiger partial charge in [-0.05, 0) is 44.4 Å². The molecule has 2 saturated heterocycles. The number of Topliss-reactive ketones (excluding diaryl/α,β-unsaturated/α-hetero) is 1. The molecule has 0 aromatic carbocycles. The number of aliphatic hydroxyl groups excluding tert-OH is 5. The van der Waals surface area contributed by atoms with Crippen LogP contribution in [0.3, 0.4) is 0 Å². The zero-order chi connectivity index (χ0) is 56.3. The molecule has 3 heterocycles. The van der Waals surface area contributed by atoms with E-state index in [-0.39, 0.29) is 174 Å². The number of aliphatic hydroxyl groups is 5. The smallest absolute Gasteiger partial charge is 0.726 e. The number of aromatic nitrogens is 3. The minimum Gasteiger partial charge on any atom is -0.726 e. The largest absolute Gasteiger partial charge is 1.00 e. The maximum Gasteiger partial charge on any atom is 1.00 e. The van der Waals surface area contributed by atoms with Crippen LogP contribution in [0.2, 0.25) is 0 Å². The van der Waals surface area contributed by atoms with Crippen LogP contribution >= 0.6 is 0 Å². The first kappa shape index (κ1) is 78.9. The van der Waals surface area contributed by atoms with Gasteiger partial charge in [-0.15, -0.1) is 5.10 Å². The van der Waals surface area contributed by atoms with E-state index in [1.165, 1.54) is 6.92 Å². The molecule has 1 amide bonds. The summed E-state index contributed by atoms with van der Waals surface area (Å²) >= 11 is 0. The Kier molecular flexibility index (Phi) is 35.3. The summed E-state index contributed by atoms with van der Waals surface area (Å²) in [6.45, 7) is -1.48. The van der Waals surface area contributed by atoms with Crippen molar-refractivity contribution in [3.63, 3.8) is 0 Å². The summed E-state index contributed by atoms with van der Waals surface area (Å²) in [7, 11) is -16.8. The second-order valence-electron chi connectivity index (χ2n) is 19.4. The van der Waals surface area contributed by atoms with Gasteiger partial charge in [-0.25, -0.2) is 29.9 Å². The van der Waals surface area contributed by atoms with Crippen LogP contribution in [0.5, 0.6) is 0 Å². The molecule has 2 saturated carbocycles. The molecule has 1 aromatic rings. The van der Waals surface area contributed by atoms with Gasteiger partial charge in [-0.2, -0.15) is 0 Å². The number of amides is 1. The van der Waals surface area contributed by atoms with Crippen molar-refractivity contribution >= 4 is 48.9 Å². The van der Waals surface area contributed by atoms with Crippen LogP contribution in [-0.4, -0.2) is 210 Å². The molecule has 15 atom stereocenters. The number of carbonyl (C=O) groups excluding carboxylic acids is 3. The third kappa shape index (κ3) is 24.1. The minimum absolute atomic E-state index is 0. The molecule has 1 aromatic heterocycles. The molecular weight excluding hydrogens is 1180 g/mol. The fourth-order valence-corrected chi connectivity index (χ4v) is 10.9. The van der Waals surface area contributed by atoms with Crippen molar-refractivity contribution in [3.8, 4) is 0 Å². The van der Waals surface area contributed by atoms with E-state index < -0.39 is 173 Å². The van der Waals surface area contributed by atoms with Gasteiger partial charge in [0.15, 0.2) is 12.6 Å². The topological polar surface area (TPSA) is 473 Å². The molecule has 0 spiro atoms. The van der Waals surface area contributed by atoms with E-state index in [2.05, 4.69) is 28.2 Å². The van der Waals surface area contributed by atoms with Crippen LogP contribution in [0.15, 0.2) is 6.20 Å². The van der Waals surface area contributed by atoms with E-state index in [1.54, 1.807) is 6.92 Å². The van der Waals surface area contributed by atoms with Crippen molar-refractivity contribution in [1.82, 2.24) is 20.3 Å². The van der Waals surface area contributed by atoms with Crippen molar-refractivity contribution in [1.29, 1.82) is 0 Å². The summed E-state index contributed by atoms with van der Waals surface area (Å²) < 4.78 is 151. The monoisotopic (exact) mass is 1250 g/mol. The average Bonchev–Trinajstić information content (AvgIpc) is 3.82. The van der Waals surface area contributed by atoms with Crippen LogP contribution in [0.4, 0.5) is 0 Å². The quantitative estimate of drug-likeness (QED) is 0.0188. The van der Waals surface area contributed by atoms with Crippen molar-refractivity contribution in [3.05, 3.63) is 11.9 Å². The number of nitrogens with one attached hydrogen (secondary N) is 1. The predicted molar refractivity (Wildman–Crippen MR) is 242 cm³/mol. The Labute approximate surface area is 552 Å². The minimum atomic E-state index is -5.59. The fraction of sp³-hybridized carbons (Fsp3) is 0.881. The molecular formula is C42H66N4Na4O27S3. The summed E-state index contributed by atoms with van der Waals surface area (Å²) in [5.74, 6) is -3.96. The maximum atomic E-state index is 14.1. The molecule has 4 fully saturated rings. The van der Waals surface area contributed by atoms with E-state index >= 15 is 0 Å². The Hall–Kier alpha value is 0.920. The Balaban J connectivity index is 0.00000800. The average molecular weight is 1250 g/mol. The molecule has 38 heteroatoms. The number of rotatable bonds is 29. The van der Waals surface area contributed by atoms with Gasteiger partial charge in [0.25, 0.3) is 0 Å². The Morgan fingerprint density at radius 1 is 0.825 bits per heavy atom. The zero-order valence-electron chi connectivity index (χ0n) is 45.6. The second-order valence-corrected chi connectivity index (χ2v) is 22.6. The maximum absolute atomic E-state index is 14.1. The number of ether oxygens (including phenoxy) is 6. The van der Waals surface area contributed by atoms with Gasteiger partial charge < -0.3 is 82.8 Å². The number of hydrogen-bond acceptors (Lipinski definition) is 29. The first-order chi connectivity index (χ1) is 35.5. The van der Waals surface area contributed by atoms with E-state index in [4.69, 9.17) is 28.4 Å². The SMILES string of the molecule is CCC1CC(C(=O)CCCOCc2cn(C(COS(=O)(=O)[O-])(COS(=O)(=O)[O-])COS(=O)(=O)[O-])nn2)C[C@@H](O[C@@H]2O[C@@H](CO)[C@H](O)C(O[C@@H](CC3CCCCC3)C(=O)[O-])C2NC(C)=O)[C@@H]1O[C@@H]1OC(C)[C@@H](O)[C@H](O)C1O.[Na+].[Na+].[Na+].[Na+]. The van der Waals surface area contributed by atoms with E-state index in [1.807, 2.05) is 0 Å². The summed E-state index contributed by atoms with van der Waals surface area (Å²) in [4.78, 5) is 39.4. The van der Waals surface area contributed by atoms with Crippen LogP contribution in [0.25, 0.3) is 0 Å². The summed E-state index contributed by atoms with van der Waals surface area (Å²) in [5, 5.41) is 76.5. The van der Waals surface area contributed by atoms with Gasteiger partial charge in [0.1, 0.15) is 59.7 Å². The Morgan fingerprint density at radius 3 is 1.94 bits per heavy atom. The Bertz CT molecular complexity index is 2330.